The maximum Gasteiger partial charge on any atom is 0.416 e. The number of phenols is 1. The normalized spacial score (nSPS) is 13.4. The van der Waals surface area contributed by atoms with Gasteiger partial charge in [0.05, 0.1) is 16.5 Å². The lowest BCUT2D eigenvalue weighted by atomic mass is 10.0. The minimum Gasteiger partial charge on any atom is -0.506 e. The Morgan fingerprint density at radius 2 is 2.00 bits per heavy atom. The molecule has 0 aliphatic carbocycles. The molecule has 0 amide bonds. The van der Waals surface area contributed by atoms with Gasteiger partial charge in [0.15, 0.2) is 0 Å². The summed E-state index contributed by atoms with van der Waals surface area (Å²) < 4.78 is 37.5. The van der Waals surface area contributed by atoms with E-state index in [9.17, 15) is 23.1 Å². The Morgan fingerprint density at radius 3 is 2.44 bits per heavy atom. The van der Waals surface area contributed by atoms with Gasteiger partial charge in [-0.25, -0.2) is 0 Å². The quantitative estimate of drug-likeness (QED) is 0.796. The van der Waals surface area contributed by atoms with E-state index in [4.69, 9.17) is 10.8 Å². The zero-order chi connectivity index (χ0) is 14.1. The number of hydrogen-bond donors (Lipinski definition) is 3. The summed E-state index contributed by atoms with van der Waals surface area (Å²) >= 11 is 2.77. The predicted octanol–water partition coefficient (Wildman–Crippen LogP) is 2.65. The Hall–Kier alpha value is -1.28. The van der Waals surface area contributed by atoms with Gasteiger partial charge < -0.3 is 15.9 Å². The lowest BCUT2D eigenvalue weighted by molar-refractivity contribution is -0.138. The number of alkyl halides is 3. The summed E-state index contributed by atoms with van der Waals surface area (Å²) in [5, 5.41) is 18.1. The molecular weight excluding hydrogens is 319 g/mol. The van der Waals surface area contributed by atoms with Crippen LogP contribution >= 0.6 is 15.9 Å². The van der Waals surface area contributed by atoms with E-state index in [0.717, 1.165) is 0 Å². The number of benzene rings is 1. The van der Waals surface area contributed by atoms with Crippen LogP contribution in [0.4, 0.5) is 13.2 Å². The van der Waals surface area contributed by atoms with Crippen molar-refractivity contribution in [2.45, 2.75) is 18.6 Å². The molecule has 1 aromatic carbocycles. The first-order valence-electron chi connectivity index (χ1n) is 4.70. The molecule has 0 radical (unpaired) electrons. The highest BCUT2D eigenvalue weighted by Gasteiger charge is 2.33. The van der Waals surface area contributed by atoms with E-state index in [1.807, 2.05) is 0 Å². The number of phenolic OH excluding ortho intramolecular Hbond substituents is 1. The molecule has 4 N–H and O–H groups in total. The highest BCUT2D eigenvalue weighted by atomic mass is 79.9. The van der Waals surface area contributed by atoms with Gasteiger partial charge in [-0.15, -0.1) is 0 Å². The first kappa shape index (κ1) is 14.8. The molecular formula is C10H9BrF3NO3. The van der Waals surface area contributed by atoms with Crippen LogP contribution in [0, 0.1) is 0 Å². The number of aliphatic carboxylic acids is 1. The number of carbonyl (C=O) groups is 1. The van der Waals surface area contributed by atoms with Crippen molar-refractivity contribution in [3.05, 3.63) is 27.7 Å². The summed E-state index contributed by atoms with van der Waals surface area (Å²) in [5.74, 6) is -1.76. The Kier molecular flexibility index (Phi) is 4.23. The molecule has 1 rings (SSSR count). The van der Waals surface area contributed by atoms with Crippen molar-refractivity contribution < 1.29 is 28.2 Å². The standard InChI is InChI=1S/C10H9BrF3NO3/c11-6-2-4(10(12,13)14)1-5(9(6)18)7(15)3-8(16)17/h1-2,7,18H,3,15H2,(H,16,17). The number of hydrogen-bond acceptors (Lipinski definition) is 3. The third kappa shape index (κ3) is 3.36. The van der Waals surface area contributed by atoms with Gasteiger partial charge in [-0.05, 0) is 28.1 Å². The van der Waals surface area contributed by atoms with Crippen LogP contribution in [0.1, 0.15) is 23.6 Å². The number of carboxylic acid groups (broad SMARTS) is 1. The molecule has 0 bridgehead atoms. The first-order valence-corrected chi connectivity index (χ1v) is 5.49. The van der Waals surface area contributed by atoms with Crippen molar-refractivity contribution in [1.29, 1.82) is 0 Å². The topological polar surface area (TPSA) is 83.6 Å². The van der Waals surface area contributed by atoms with Crippen molar-refractivity contribution in [1.82, 2.24) is 0 Å². The summed E-state index contributed by atoms with van der Waals surface area (Å²) in [6, 6.07) is 0.126. The second kappa shape index (κ2) is 5.15. The van der Waals surface area contributed by atoms with Crippen molar-refractivity contribution in [3.63, 3.8) is 0 Å². The molecule has 8 heteroatoms. The van der Waals surface area contributed by atoms with Gasteiger partial charge in [-0.3, -0.25) is 4.79 Å². The summed E-state index contributed by atoms with van der Waals surface area (Å²) in [6.07, 6.45) is -5.19. The molecule has 1 aromatic rings. The predicted molar refractivity (Wildman–Crippen MR) is 60.0 cm³/mol. The summed E-state index contributed by atoms with van der Waals surface area (Å²) in [5.41, 5.74) is 4.17. The highest BCUT2D eigenvalue weighted by Crippen LogP contribution is 2.39. The van der Waals surface area contributed by atoms with Crippen LogP contribution < -0.4 is 5.73 Å². The lowest BCUT2D eigenvalue weighted by Crippen LogP contribution is -2.16. The monoisotopic (exact) mass is 327 g/mol. The van der Waals surface area contributed by atoms with Gasteiger partial charge in [0, 0.05) is 11.6 Å². The van der Waals surface area contributed by atoms with E-state index in [1.165, 1.54) is 0 Å². The second-order valence-electron chi connectivity index (χ2n) is 3.60. The van der Waals surface area contributed by atoms with Crippen molar-refractivity contribution in [3.8, 4) is 5.75 Å². The van der Waals surface area contributed by atoms with Gasteiger partial charge in [0.2, 0.25) is 0 Å². The van der Waals surface area contributed by atoms with Crippen LogP contribution in [0.25, 0.3) is 0 Å². The zero-order valence-electron chi connectivity index (χ0n) is 8.83. The maximum atomic E-state index is 12.5. The Balaban J connectivity index is 3.26. The number of nitrogens with two attached hydrogens (primary N) is 1. The maximum absolute atomic E-state index is 12.5. The fraction of sp³-hybridized carbons (Fsp3) is 0.300. The summed E-state index contributed by atoms with van der Waals surface area (Å²) in [7, 11) is 0. The third-order valence-electron chi connectivity index (χ3n) is 2.21. The minimum absolute atomic E-state index is 0.187. The van der Waals surface area contributed by atoms with E-state index >= 15 is 0 Å². The van der Waals surface area contributed by atoms with Crippen LogP contribution in [0.3, 0.4) is 0 Å². The average molecular weight is 328 g/mol. The van der Waals surface area contributed by atoms with E-state index in [-0.39, 0.29) is 10.0 Å². The van der Waals surface area contributed by atoms with Crippen molar-refractivity contribution in [2.75, 3.05) is 0 Å². The van der Waals surface area contributed by atoms with E-state index in [0.29, 0.717) is 12.1 Å². The van der Waals surface area contributed by atoms with Crippen LogP contribution in [0.2, 0.25) is 0 Å². The molecule has 0 heterocycles. The molecule has 4 nitrogen and oxygen atoms in total. The van der Waals surface area contributed by atoms with E-state index in [2.05, 4.69) is 15.9 Å². The molecule has 1 atom stereocenters. The minimum atomic E-state index is -4.60. The molecule has 100 valence electrons. The molecule has 0 spiro atoms. The Bertz CT molecular complexity index is 476. The molecule has 0 fully saturated rings. The van der Waals surface area contributed by atoms with Gasteiger partial charge in [0.25, 0.3) is 0 Å². The van der Waals surface area contributed by atoms with Crippen molar-refractivity contribution in [2.24, 2.45) is 5.73 Å². The second-order valence-corrected chi connectivity index (χ2v) is 4.45. The van der Waals surface area contributed by atoms with Gasteiger partial charge >= 0.3 is 12.1 Å². The highest BCUT2D eigenvalue weighted by molar-refractivity contribution is 9.10. The first-order chi connectivity index (χ1) is 8.12. The van der Waals surface area contributed by atoms with Crippen LogP contribution in [0.15, 0.2) is 16.6 Å². The molecule has 1 unspecified atom stereocenters. The smallest absolute Gasteiger partial charge is 0.416 e. The van der Waals surface area contributed by atoms with E-state index < -0.39 is 35.9 Å². The van der Waals surface area contributed by atoms with Crippen molar-refractivity contribution >= 4 is 21.9 Å². The fourth-order valence-corrected chi connectivity index (χ4v) is 1.84. The van der Waals surface area contributed by atoms with E-state index in [1.54, 1.807) is 0 Å². The largest absolute Gasteiger partial charge is 0.506 e. The van der Waals surface area contributed by atoms with Gasteiger partial charge in [-0.2, -0.15) is 13.2 Å². The average Bonchev–Trinajstić information content (AvgIpc) is 2.18. The van der Waals surface area contributed by atoms with Crippen LogP contribution in [-0.2, 0) is 11.0 Å². The van der Waals surface area contributed by atoms with Crippen LogP contribution in [-0.4, -0.2) is 16.2 Å². The van der Waals surface area contributed by atoms with Gasteiger partial charge in [-0.1, -0.05) is 0 Å². The fourth-order valence-electron chi connectivity index (χ4n) is 1.36. The molecule has 0 saturated heterocycles. The summed E-state index contributed by atoms with van der Waals surface area (Å²) in [4.78, 5) is 10.5. The molecule has 0 aromatic heterocycles. The molecule has 18 heavy (non-hydrogen) atoms. The number of rotatable bonds is 3. The summed E-state index contributed by atoms with van der Waals surface area (Å²) in [6.45, 7) is 0. The van der Waals surface area contributed by atoms with Crippen LogP contribution in [0.5, 0.6) is 5.75 Å². The molecule has 0 saturated carbocycles. The van der Waals surface area contributed by atoms with Gasteiger partial charge in [0.1, 0.15) is 5.75 Å². The third-order valence-corrected chi connectivity index (χ3v) is 2.82. The Labute approximate surface area is 108 Å². The SMILES string of the molecule is NC(CC(=O)O)c1cc(C(F)(F)F)cc(Br)c1O. The zero-order valence-corrected chi connectivity index (χ0v) is 10.4. The number of halogens is 4. The Morgan fingerprint density at radius 1 is 1.44 bits per heavy atom. The lowest BCUT2D eigenvalue weighted by Gasteiger charge is -2.16. The molecule has 0 aliphatic rings. The number of carboxylic acids is 1. The number of aromatic hydroxyl groups is 1. The molecule has 0 aliphatic heterocycles.